The third-order valence-electron chi connectivity index (χ3n) is 6.16. The molecule has 0 bridgehead atoms. The summed E-state index contributed by atoms with van der Waals surface area (Å²) in [5.41, 5.74) is 1.44. The first-order valence-electron chi connectivity index (χ1n) is 12.6. The van der Waals surface area contributed by atoms with Gasteiger partial charge in [0.1, 0.15) is 18.4 Å². The zero-order chi connectivity index (χ0) is 28.7. The largest absolute Gasteiger partial charge is 0.354 e. The summed E-state index contributed by atoms with van der Waals surface area (Å²) in [5.74, 6) is -1.21. The van der Waals surface area contributed by atoms with Crippen LogP contribution in [0.5, 0.6) is 0 Å². The zero-order valence-electron chi connectivity index (χ0n) is 22.4. The SMILES string of the molecule is Cc1cc(Cl)ccc1N(CC(=O)N(Cc1ccc(F)cc1)[C@@H](C)C(=O)NCC(C)C)S(=O)(=O)c1ccccc1. The first kappa shape index (κ1) is 30.1. The number of rotatable bonds is 11. The number of nitrogens with one attached hydrogen (secondary N) is 1. The van der Waals surface area contributed by atoms with E-state index in [1.807, 2.05) is 13.8 Å². The van der Waals surface area contributed by atoms with Crippen molar-refractivity contribution in [3.05, 3.63) is 94.8 Å². The van der Waals surface area contributed by atoms with Gasteiger partial charge in [-0.1, -0.05) is 55.8 Å². The number of anilines is 1. The highest BCUT2D eigenvalue weighted by molar-refractivity contribution is 7.92. The van der Waals surface area contributed by atoms with Crippen molar-refractivity contribution in [1.82, 2.24) is 10.2 Å². The molecule has 0 saturated heterocycles. The molecule has 3 aromatic rings. The normalized spacial score (nSPS) is 12.2. The minimum Gasteiger partial charge on any atom is -0.354 e. The summed E-state index contributed by atoms with van der Waals surface area (Å²) in [6.07, 6.45) is 0. The van der Waals surface area contributed by atoms with Gasteiger partial charge in [-0.05, 0) is 73.4 Å². The van der Waals surface area contributed by atoms with Gasteiger partial charge in [0.15, 0.2) is 0 Å². The molecule has 0 fully saturated rings. The number of halogens is 2. The Hall–Kier alpha value is -3.43. The molecule has 0 aliphatic rings. The van der Waals surface area contributed by atoms with Crippen LogP contribution in [0.2, 0.25) is 5.02 Å². The summed E-state index contributed by atoms with van der Waals surface area (Å²) >= 11 is 6.12. The van der Waals surface area contributed by atoms with Crippen LogP contribution in [0.1, 0.15) is 31.9 Å². The van der Waals surface area contributed by atoms with E-state index in [-0.39, 0.29) is 29.0 Å². The van der Waals surface area contributed by atoms with Crippen LogP contribution in [0.25, 0.3) is 0 Å². The van der Waals surface area contributed by atoms with E-state index >= 15 is 0 Å². The Bertz CT molecular complexity index is 1400. The Kier molecular flexibility index (Phi) is 10.1. The highest BCUT2D eigenvalue weighted by Crippen LogP contribution is 2.29. The van der Waals surface area contributed by atoms with Gasteiger partial charge in [0.2, 0.25) is 11.8 Å². The Morgan fingerprint density at radius 3 is 2.21 bits per heavy atom. The molecule has 39 heavy (non-hydrogen) atoms. The average molecular weight is 574 g/mol. The topological polar surface area (TPSA) is 86.8 Å². The van der Waals surface area contributed by atoms with Crippen molar-refractivity contribution < 1.29 is 22.4 Å². The van der Waals surface area contributed by atoms with Gasteiger partial charge in [-0.3, -0.25) is 13.9 Å². The van der Waals surface area contributed by atoms with Crippen molar-refractivity contribution in [1.29, 1.82) is 0 Å². The number of aryl methyl sites for hydroxylation is 1. The first-order chi connectivity index (χ1) is 18.4. The van der Waals surface area contributed by atoms with Crippen LogP contribution in [0.4, 0.5) is 10.1 Å². The molecule has 0 unspecified atom stereocenters. The van der Waals surface area contributed by atoms with Crippen molar-refractivity contribution in [2.45, 2.75) is 45.2 Å². The number of amides is 2. The van der Waals surface area contributed by atoms with E-state index in [0.29, 0.717) is 22.7 Å². The summed E-state index contributed by atoms with van der Waals surface area (Å²) in [6.45, 7) is 7.02. The van der Waals surface area contributed by atoms with Crippen LogP contribution in [-0.2, 0) is 26.2 Å². The standard InChI is InChI=1S/C29H33ClFN3O4S/c1-20(2)17-32-29(36)22(4)33(18-23-10-13-25(31)14-11-23)28(35)19-34(27-15-12-24(30)16-21(27)3)39(37,38)26-8-6-5-7-9-26/h5-16,20,22H,17-19H2,1-4H3,(H,32,36)/t22-/m0/s1. The molecular formula is C29H33ClFN3O4S. The van der Waals surface area contributed by atoms with Crippen LogP contribution >= 0.6 is 11.6 Å². The molecule has 1 atom stereocenters. The molecule has 7 nitrogen and oxygen atoms in total. The molecular weight excluding hydrogens is 541 g/mol. The number of carbonyl (C=O) groups is 2. The lowest BCUT2D eigenvalue weighted by Gasteiger charge is -2.32. The molecule has 208 valence electrons. The number of benzene rings is 3. The summed E-state index contributed by atoms with van der Waals surface area (Å²) in [6, 6.07) is 17.2. The Morgan fingerprint density at radius 2 is 1.62 bits per heavy atom. The molecule has 2 amide bonds. The molecule has 0 aromatic heterocycles. The Balaban J connectivity index is 2.03. The quantitative estimate of drug-likeness (QED) is 0.343. The third kappa shape index (κ3) is 7.80. The number of hydrogen-bond acceptors (Lipinski definition) is 4. The Morgan fingerprint density at radius 1 is 0.974 bits per heavy atom. The van der Waals surface area contributed by atoms with E-state index in [1.54, 1.807) is 50.2 Å². The fourth-order valence-corrected chi connectivity index (χ4v) is 5.68. The highest BCUT2D eigenvalue weighted by atomic mass is 35.5. The predicted molar refractivity (Wildman–Crippen MR) is 151 cm³/mol. The van der Waals surface area contributed by atoms with E-state index in [1.165, 1.54) is 41.3 Å². The van der Waals surface area contributed by atoms with E-state index < -0.39 is 34.3 Å². The van der Waals surface area contributed by atoms with Crippen LogP contribution in [-0.4, -0.2) is 44.3 Å². The number of sulfonamides is 1. The van der Waals surface area contributed by atoms with Crippen molar-refractivity contribution in [2.24, 2.45) is 5.92 Å². The highest BCUT2D eigenvalue weighted by Gasteiger charge is 2.33. The summed E-state index contributed by atoms with van der Waals surface area (Å²) in [5, 5.41) is 3.25. The minimum absolute atomic E-state index is 0.0139. The summed E-state index contributed by atoms with van der Waals surface area (Å²) < 4.78 is 42.2. The molecule has 0 aliphatic heterocycles. The Labute approximate surface area is 234 Å². The van der Waals surface area contributed by atoms with Gasteiger partial charge in [0.25, 0.3) is 10.0 Å². The van der Waals surface area contributed by atoms with Gasteiger partial charge in [0.05, 0.1) is 10.6 Å². The third-order valence-corrected chi connectivity index (χ3v) is 8.16. The average Bonchev–Trinajstić information content (AvgIpc) is 2.90. The van der Waals surface area contributed by atoms with Crippen molar-refractivity contribution in [2.75, 3.05) is 17.4 Å². The van der Waals surface area contributed by atoms with Crippen LogP contribution in [0.3, 0.4) is 0 Å². The predicted octanol–water partition coefficient (Wildman–Crippen LogP) is 5.17. The molecule has 0 heterocycles. The van der Waals surface area contributed by atoms with Crippen molar-refractivity contribution in [3.8, 4) is 0 Å². The van der Waals surface area contributed by atoms with Crippen molar-refractivity contribution >= 4 is 39.1 Å². The van der Waals surface area contributed by atoms with Crippen LogP contribution in [0, 0.1) is 18.7 Å². The number of carbonyl (C=O) groups excluding carboxylic acids is 2. The first-order valence-corrected chi connectivity index (χ1v) is 14.4. The van der Waals surface area contributed by atoms with Gasteiger partial charge in [0, 0.05) is 18.1 Å². The van der Waals surface area contributed by atoms with Crippen LogP contribution in [0.15, 0.2) is 77.7 Å². The summed E-state index contributed by atoms with van der Waals surface area (Å²) in [4.78, 5) is 28.2. The van der Waals surface area contributed by atoms with Gasteiger partial charge in [-0.25, -0.2) is 12.8 Å². The molecule has 10 heteroatoms. The van der Waals surface area contributed by atoms with E-state index in [4.69, 9.17) is 11.6 Å². The fourth-order valence-electron chi connectivity index (χ4n) is 3.95. The zero-order valence-corrected chi connectivity index (χ0v) is 24.0. The minimum atomic E-state index is -4.17. The lowest BCUT2D eigenvalue weighted by atomic mass is 10.1. The van der Waals surface area contributed by atoms with E-state index in [2.05, 4.69) is 5.32 Å². The monoisotopic (exact) mass is 573 g/mol. The second-order valence-electron chi connectivity index (χ2n) is 9.72. The van der Waals surface area contributed by atoms with E-state index in [0.717, 1.165) is 4.31 Å². The van der Waals surface area contributed by atoms with Gasteiger partial charge < -0.3 is 10.2 Å². The second kappa shape index (κ2) is 13.1. The molecule has 0 spiro atoms. The smallest absolute Gasteiger partial charge is 0.264 e. The second-order valence-corrected chi connectivity index (χ2v) is 12.0. The molecule has 1 N–H and O–H groups in total. The molecule has 3 rings (SSSR count). The maximum absolute atomic E-state index is 13.9. The van der Waals surface area contributed by atoms with Crippen molar-refractivity contribution in [3.63, 3.8) is 0 Å². The van der Waals surface area contributed by atoms with Gasteiger partial charge in [-0.15, -0.1) is 0 Å². The number of hydrogen-bond donors (Lipinski definition) is 1. The molecule has 0 aliphatic carbocycles. The maximum atomic E-state index is 13.9. The number of nitrogens with zero attached hydrogens (tertiary/aromatic N) is 2. The van der Waals surface area contributed by atoms with Crippen LogP contribution < -0.4 is 9.62 Å². The van der Waals surface area contributed by atoms with Gasteiger partial charge in [-0.2, -0.15) is 0 Å². The fraction of sp³-hybridized carbons (Fsp3) is 0.310. The molecule has 0 saturated carbocycles. The van der Waals surface area contributed by atoms with Gasteiger partial charge >= 0.3 is 0 Å². The van der Waals surface area contributed by atoms with E-state index in [9.17, 15) is 22.4 Å². The molecule has 0 radical (unpaired) electrons. The lowest BCUT2D eigenvalue weighted by molar-refractivity contribution is -0.139. The lowest BCUT2D eigenvalue weighted by Crippen LogP contribution is -2.51. The maximum Gasteiger partial charge on any atom is 0.264 e. The summed E-state index contributed by atoms with van der Waals surface area (Å²) in [7, 11) is -4.17. The molecule has 3 aromatic carbocycles.